The quantitative estimate of drug-likeness (QED) is 0.313. The van der Waals surface area contributed by atoms with Gasteiger partial charge >= 0.3 is 18.0 Å². The van der Waals surface area contributed by atoms with Gasteiger partial charge in [-0.3, -0.25) is 0 Å². The summed E-state index contributed by atoms with van der Waals surface area (Å²) < 4.78 is 37.9. The average Bonchev–Trinajstić information content (AvgIpc) is 2.97. The van der Waals surface area contributed by atoms with Crippen LogP contribution in [0.15, 0.2) is 53.7 Å². The molecule has 3 N–H and O–H groups in total. The van der Waals surface area contributed by atoms with Crippen molar-refractivity contribution in [2.75, 3.05) is 51.9 Å². The molecule has 1 unspecified atom stereocenters. The summed E-state index contributed by atoms with van der Waals surface area (Å²) in [5.74, 6) is -3.16. The lowest BCUT2D eigenvalue weighted by Gasteiger charge is -2.37. The highest BCUT2D eigenvalue weighted by Gasteiger charge is 2.43. The Morgan fingerprint density at radius 1 is 1.05 bits per heavy atom. The Hall–Kier alpha value is -4.03. The Labute approximate surface area is 237 Å². The first-order chi connectivity index (χ1) is 19.7. The molecule has 0 saturated carbocycles. The normalized spacial score (nSPS) is 17.9. The van der Waals surface area contributed by atoms with Crippen molar-refractivity contribution < 1.29 is 32.6 Å². The molecule has 2 aliphatic rings. The Morgan fingerprint density at radius 3 is 2.44 bits per heavy atom. The van der Waals surface area contributed by atoms with Crippen molar-refractivity contribution in [2.45, 2.75) is 31.8 Å². The van der Waals surface area contributed by atoms with Crippen molar-refractivity contribution in [3.05, 3.63) is 76.5 Å². The Bertz CT molecular complexity index is 1310. The highest BCUT2D eigenvalue weighted by Crippen LogP contribution is 2.35. The topological polar surface area (TPSA) is 112 Å². The minimum Gasteiger partial charge on any atom is -0.466 e. The minimum absolute atomic E-state index is 0.0152. The van der Waals surface area contributed by atoms with Crippen LogP contribution in [0.2, 0.25) is 0 Å². The fourth-order valence-corrected chi connectivity index (χ4v) is 5.25. The van der Waals surface area contributed by atoms with E-state index in [0.29, 0.717) is 6.54 Å². The zero-order valence-corrected chi connectivity index (χ0v) is 23.3. The molecule has 0 bridgehead atoms. The molecule has 2 heterocycles. The lowest BCUT2D eigenvalue weighted by Crippen LogP contribution is -2.56. The molecule has 4 rings (SSSR count). The van der Waals surface area contributed by atoms with E-state index in [1.165, 1.54) is 24.4 Å². The number of benzene rings is 2. The Morgan fingerprint density at radius 2 is 1.78 bits per heavy atom. The fraction of sp³-hybridized carbons (Fsp3) is 0.414. The molecule has 220 valence electrons. The van der Waals surface area contributed by atoms with Crippen LogP contribution in [0.3, 0.4) is 0 Å². The first kappa shape index (κ1) is 29.9. The predicted octanol–water partition coefficient (Wildman–Crippen LogP) is 3.38. The number of aryl methyl sites for hydroxylation is 1. The molecular weight excluding hydrogens is 536 g/mol. The lowest BCUT2D eigenvalue weighted by molar-refractivity contribution is -0.137. The van der Waals surface area contributed by atoms with Gasteiger partial charge in [0.25, 0.3) is 0 Å². The van der Waals surface area contributed by atoms with Gasteiger partial charge in [0.1, 0.15) is 6.04 Å². The summed E-state index contributed by atoms with van der Waals surface area (Å²) in [4.78, 5) is 42.3. The first-order valence-electron chi connectivity index (χ1n) is 13.4. The average molecular weight is 572 g/mol. The predicted molar refractivity (Wildman–Crippen MR) is 148 cm³/mol. The summed E-state index contributed by atoms with van der Waals surface area (Å²) in [5.41, 5.74) is 2.42. The summed E-state index contributed by atoms with van der Waals surface area (Å²) in [6, 6.07) is 8.44. The van der Waals surface area contributed by atoms with E-state index >= 15 is 0 Å². The van der Waals surface area contributed by atoms with Gasteiger partial charge in [-0.05, 0) is 49.1 Å². The molecule has 0 aliphatic carbocycles. The Kier molecular flexibility index (Phi) is 9.90. The molecule has 1 fully saturated rings. The monoisotopic (exact) mass is 571 g/mol. The number of hydrogen-bond acceptors (Lipinski definition) is 7. The molecule has 1 saturated heterocycles. The van der Waals surface area contributed by atoms with E-state index in [2.05, 4.69) is 39.9 Å². The van der Waals surface area contributed by atoms with E-state index in [-0.39, 0.29) is 36.0 Å². The van der Waals surface area contributed by atoms with Crippen LogP contribution in [-0.2, 0) is 14.3 Å². The second-order valence-electron chi connectivity index (χ2n) is 9.93. The summed E-state index contributed by atoms with van der Waals surface area (Å²) in [7, 11) is 2.50. The maximum atomic E-state index is 14.2. The minimum atomic E-state index is -1.38. The zero-order valence-electron chi connectivity index (χ0n) is 23.3. The summed E-state index contributed by atoms with van der Waals surface area (Å²) >= 11 is 0. The van der Waals surface area contributed by atoms with Crippen LogP contribution in [0.4, 0.5) is 24.1 Å². The van der Waals surface area contributed by atoms with Crippen molar-refractivity contribution in [3.63, 3.8) is 0 Å². The number of amides is 4. The van der Waals surface area contributed by atoms with Gasteiger partial charge in [0.15, 0.2) is 11.6 Å². The number of esters is 1. The number of hydrogen-bond donors (Lipinski definition) is 3. The van der Waals surface area contributed by atoms with Crippen LogP contribution in [-0.4, -0.2) is 76.0 Å². The number of carbonyl (C=O) groups excluding carboxylic acids is 3. The molecule has 2 aromatic rings. The molecule has 2 aliphatic heterocycles. The van der Waals surface area contributed by atoms with Crippen LogP contribution in [0, 0.1) is 18.6 Å². The van der Waals surface area contributed by atoms with Crippen LogP contribution in [0.5, 0.6) is 0 Å². The molecule has 0 spiro atoms. The first-order valence-corrected chi connectivity index (χ1v) is 13.4. The SMILES string of the molecule is COCC1=C(C(=O)OC)C(c2ccc(F)c(F)c2)N(C(=O)NCCNC2CCN(c3ccccc3C)CC2)C(=O)N1. The number of halogens is 2. The molecule has 2 aromatic carbocycles. The molecule has 12 heteroatoms. The number of methoxy groups -OCH3 is 2. The zero-order chi connectivity index (χ0) is 29.5. The van der Waals surface area contributed by atoms with Gasteiger partial charge < -0.3 is 30.3 Å². The van der Waals surface area contributed by atoms with Crippen LogP contribution >= 0.6 is 0 Å². The molecule has 41 heavy (non-hydrogen) atoms. The van der Waals surface area contributed by atoms with Crippen molar-refractivity contribution in [2.24, 2.45) is 0 Å². The van der Waals surface area contributed by atoms with Crippen LogP contribution in [0.25, 0.3) is 0 Å². The molecule has 0 aromatic heterocycles. The highest BCUT2D eigenvalue weighted by molar-refractivity contribution is 6.01. The number of piperidine rings is 1. The van der Waals surface area contributed by atoms with E-state index in [1.54, 1.807) is 0 Å². The van der Waals surface area contributed by atoms with Gasteiger partial charge in [0, 0.05) is 45.0 Å². The largest absolute Gasteiger partial charge is 0.466 e. The lowest BCUT2D eigenvalue weighted by atomic mass is 9.93. The highest BCUT2D eigenvalue weighted by atomic mass is 19.2. The third-order valence-corrected chi connectivity index (χ3v) is 7.29. The number of carbonyl (C=O) groups is 3. The number of rotatable bonds is 9. The van der Waals surface area contributed by atoms with E-state index in [4.69, 9.17) is 9.47 Å². The van der Waals surface area contributed by atoms with Gasteiger partial charge in [-0.2, -0.15) is 0 Å². The van der Waals surface area contributed by atoms with Crippen molar-refractivity contribution in [1.82, 2.24) is 20.9 Å². The standard InChI is InChI=1S/C29H35F2N5O5/c1-18-6-4-5-7-24(18)35-14-10-20(11-15-35)32-12-13-33-28(38)36-26(19-8-9-21(30)22(31)16-19)25(27(37)41-3)23(17-40-2)34-29(36)39/h4-9,16,20,26,32H,10-15,17H2,1-3H3,(H,33,38)(H,34,39). The van der Waals surface area contributed by atoms with E-state index in [1.807, 2.05) is 12.1 Å². The third kappa shape index (κ3) is 6.83. The maximum absolute atomic E-state index is 14.2. The molecule has 1 atom stereocenters. The summed E-state index contributed by atoms with van der Waals surface area (Å²) in [6.07, 6.45) is 1.87. The van der Waals surface area contributed by atoms with Crippen molar-refractivity contribution >= 4 is 23.7 Å². The number of ether oxygens (including phenoxy) is 2. The van der Waals surface area contributed by atoms with Crippen LogP contribution < -0.4 is 20.9 Å². The van der Waals surface area contributed by atoms with Crippen molar-refractivity contribution in [3.8, 4) is 0 Å². The number of para-hydroxylation sites is 1. The number of urea groups is 2. The molecule has 0 radical (unpaired) electrons. The van der Waals surface area contributed by atoms with E-state index in [0.717, 1.165) is 50.1 Å². The summed E-state index contributed by atoms with van der Waals surface area (Å²) in [5, 5.41) is 8.63. The number of nitrogens with one attached hydrogen (secondary N) is 3. The van der Waals surface area contributed by atoms with Gasteiger partial charge in [0.05, 0.1) is 25.0 Å². The van der Waals surface area contributed by atoms with Crippen LogP contribution in [0.1, 0.15) is 30.0 Å². The number of imide groups is 1. The molecular formula is C29H35F2N5O5. The number of nitrogens with zero attached hydrogens (tertiary/aromatic N) is 2. The smallest absolute Gasteiger partial charge is 0.338 e. The van der Waals surface area contributed by atoms with E-state index < -0.39 is 35.7 Å². The van der Waals surface area contributed by atoms with Crippen molar-refractivity contribution in [1.29, 1.82) is 0 Å². The van der Waals surface area contributed by atoms with Gasteiger partial charge in [-0.25, -0.2) is 28.1 Å². The third-order valence-electron chi connectivity index (χ3n) is 7.29. The van der Waals surface area contributed by atoms with E-state index in [9.17, 15) is 23.2 Å². The van der Waals surface area contributed by atoms with Gasteiger partial charge in [-0.15, -0.1) is 0 Å². The fourth-order valence-electron chi connectivity index (χ4n) is 5.25. The molecule has 4 amide bonds. The molecule has 10 nitrogen and oxygen atoms in total. The maximum Gasteiger partial charge on any atom is 0.338 e. The van der Waals surface area contributed by atoms with Gasteiger partial charge in [-0.1, -0.05) is 24.3 Å². The second-order valence-corrected chi connectivity index (χ2v) is 9.93. The van der Waals surface area contributed by atoms with Gasteiger partial charge in [0.2, 0.25) is 0 Å². The number of anilines is 1. The summed E-state index contributed by atoms with van der Waals surface area (Å²) in [6.45, 7) is 4.37. The second kappa shape index (κ2) is 13.6. The Balaban J connectivity index is 1.42.